The van der Waals surface area contributed by atoms with E-state index in [9.17, 15) is 34.2 Å². The summed E-state index contributed by atoms with van der Waals surface area (Å²) in [5.41, 5.74) is 0.460. The summed E-state index contributed by atoms with van der Waals surface area (Å²) < 4.78 is 11.9. The van der Waals surface area contributed by atoms with Gasteiger partial charge in [0.05, 0.1) is 31.2 Å². The molecule has 2 amide bonds. The molecular formula is C55H81N3O9. The SMILES string of the molecule is CC(C)C1=C2[C@H]3CC[C@@H]4[C@@]5(C)CC[C@H](OC(=O)[C@H]6C[C@@H](C(=O)O)C6(C)C)C(C)(C)[C@@H]5CC[C@@]4(C)[C@]3(C)CC[C@@]2([C@@H](O)CNC(=O)C(C)(C)NC(=O)c2ccc(CN3CCOCC3)cc2)CC1=O. The van der Waals surface area contributed by atoms with Gasteiger partial charge in [0, 0.05) is 49.0 Å². The maximum absolute atomic E-state index is 14.3. The van der Waals surface area contributed by atoms with Crippen LogP contribution < -0.4 is 10.6 Å². The molecule has 67 heavy (non-hydrogen) atoms. The lowest BCUT2D eigenvalue weighted by molar-refractivity contribution is -0.238. The first-order valence-electron chi connectivity index (χ1n) is 25.6. The Labute approximate surface area is 399 Å². The van der Waals surface area contributed by atoms with Crippen molar-refractivity contribution in [1.29, 1.82) is 0 Å². The number of fused-ring (bicyclic) bond motifs is 7. The van der Waals surface area contributed by atoms with Crippen LogP contribution in [0.3, 0.4) is 0 Å². The molecule has 6 aliphatic carbocycles. The first-order valence-corrected chi connectivity index (χ1v) is 25.6. The normalized spacial score (nSPS) is 37.2. The number of allylic oxidation sites excluding steroid dienone is 1. The predicted octanol–water partition coefficient (Wildman–Crippen LogP) is 8.14. The molecule has 11 atom stereocenters. The van der Waals surface area contributed by atoms with Crippen molar-refractivity contribution < 1.29 is 43.7 Å². The van der Waals surface area contributed by atoms with Gasteiger partial charge in [0.1, 0.15) is 11.6 Å². The number of benzene rings is 1. The minimum absolute atomic E-state index is 0.00528. The standard InChI is InChI=1S/C55H81N3O9/c1-32(2)43-38(59)29-55(41(60)30-56-48(65)51(7,8)57-45(61)34-14-12-33(13-15-34)31-58-24-26-66-27-25-58)23-22-53(10)35(44(43)55)16-17-40-52(9)20-19-42(50(5,6)39(52)18-21-54(40,53)11)67-47(64)37-28-36(46(62)63)49(37,3)4/h12-15,32,35-37,39-42,60H,16-31H2,1-11H3,(H,56,65)(H,57,61)(H,62,63)/t35-,36+,37-,39+,40-,41+,42+,52+,53-,54-,55+/m1/s1. The van der Waals surface area contributed by atoms with Crippen molar-refractivity contribution in [2.24, 2.45) is 68.0 Å². The van der Waals surface area contributed by atoms with Crippen LogP contribution in [0.2, 0.25) is 0 Å². The number of Topliss-reactive ketones (excluding diaryl/α,β-unsaturated/α-hetero) is 1. The Morgan fingerprint density at radius 1 is 0.851 bits per heavy atom. The average molecular weight is 928 g/mol. The summed E-state index contributed by atoms with van der Waals surface area (Å²) in [6.45, 7) is 27.3. The lowest BCUT2D eigenvalue weighted by Crippen LogP contribution is -2.66. The largest absolute Gasteiger partial charge is 0.481 e. The molecule has 0 unspecified atom stereocenters. The molecule has 12 heteroatoms. The molecule has 8 rings (SSSR count). The minimum atomic E-state index is -1.27. The second-order valence-electron chi connectivity index (χ2n) is 25.0. The number of rotatable bonds is 12. The van der Waals surface area contributed by atoms with E-state index < -0.39 is 46.2 Å². The molecule has 370 valence electrons. The summed E-state index contributed by atoms with van der Waals surface area (Å²) in [4.78, 5) is 69.5. The summed E-state index contributed by atoms with van der Waals surface area (Å²) in [7, 11) is 0. The van der Waals surface area contributed by atoms with E-state index in [1.165, 1.54) is 0 Å². The minimum Gasteiger partial charge on any atom is -0.481 e. The van der Waals surface area contributed by atoms with Crippen LogP contribution in [0.25, 0.3) is 0 Å². The number of hydrogen-bond acceptors (Lipinski definition) is 9. The van der Waals surface area contributed by atoms with Gasteiger partial charge < -0.3 is 30.3 Å². The van der Waals surface area contributed by atoms with Crippen LogP contribution in [0.4, 0.5) is 0 Å². The zero-order chi connectivity index (χ0) is 48.9. The molecule has 7 aliphatic rings. The Morgan fingerprint density at radius 3 is 2.15 bits per heavy atom. The molecule has 1 aromatic rings. The maximum Gasteiger partial charge on any atom is 0.309 e. The molecule has 6 fully saturated rings. The van der Waals surface area contributed by atoms with Crippen molar-refractivity contribution in [1.82, 2.24) is 15.5 Å². The van der Waals surface area contributed by atoms with Gasteiger partial charge in [0.2, 0.25) is 5.91 Å². The molecule has 1 heterocycles. The molecular weight excluding hydrogens is 847 g/mol. The van der Waals surface area contributed by atoms with Crippen molar-refractivity contribution in [3.05, 3.63) is 46.5 Å². The van der Waals surface area contributed by atoms with E-state index in [4.69, 9.17) is 9.47 Å². The van der Waals surface area contributed by atoms with Gasteiger partial charge >= 0.3 is 11.9 Å². The number of aliphatic hydroxyl groups excluding tert-OH is 1. The van der Waals surface area contributed by atoms with Gasteiger partial charge in [-0.15, -0.1) is 0 Å². The summed E-state index contributed by atoms with van der Waals surface area (Å²) in [6, 6.07) is 7.48. The fourth-order valence-corrected chi connectivity index (χ4v) is 16.0. The highest BCUT2D eigenvalue weighted by atomic mass is 16.5. The first kappa shape index (κ1) is 49.8. The van der Waals surface area contributed by atoms with Crippen LogP contribution in [0, 0.1) is 68.0 Å². The lowest BCUT2D eigenvalue weighted by Gasteiger charge is -2.72. The van der Waals surface area contributed by atoms with Crippen molar-refractivity contribution in [3.63, 3.8) is 0 Å². The summed E-state index contributed by atoms with van der Waals surface area (Å²) in [6.07, 6.45) is 6.54. The van der Waals surface area contributed by atoms with Crippen molar-refractivity contribution in [2.75, 3.05) is 32.8 Å². The van der Waals surface area contributed by atoms with E-state index in [0.29, 0.717) is 30.2 Å². The molecule has 1 aromatic carbocycles. The van der Waals surface area contributed by atoms with Crippen LogP contribution in [0.5, 0.6) is 0 Å². The van der Waals surface area contributed by atoms with Gasteiger partial charge in [-0.1, -0.05) is 80.0 Å². The van der Waals surface area contributed by atoms with Gasteiger partial charge in [0.15, 0.2) is 5.78 Å². The number of nitrogens with one attached hydrogen (secondary N) is 2. The van der Waals surface area contributed by atoms with Crippen LogP contribution in [-0.4, -0.2) is 95.2 Å². The Morgan fingerprint density at radius 2 is 1.52 bits per heavy atom. The Kier molecular flexibility index (Phi) is 12.9. The van der Waals surface area contributed by atoms with Gasteiger partial charge in [-0.3, -0.25) is 28.9 Å². The van der Waals surface area contributed by atoms with Crippen molar-refractivity contribution >= 4 is 29.5 Å². The summed E-state index contributed by atoms with van der Waals surface area (Å²) in [5.74, 6) is -1.84. The zero-order valence-electron chi connectivity index (χ0n) is 42.4. The molecule has 0 spiro atoms. The molecule has 1 aliphatic heterocycles. The van der Waals surface area contributed by atoms with Crippen LogP contribution in [-0.2, 0) is 35.2 Å². The highest BCUT2D eigenvalue weighted by Gasteiger charge is 2.71. The Hall–Kier alpha value is -3.61. The number of ketones is 1. The molecule has 5 saturated carbocycles. The van der Waals surface area contributed by atoms with Crippen molar-refractivity contribution in [3.8, 4) is 0 Å². The number of nitrogens with zero attached hydrogens (tertiary/aromatic N) is 1. The number of esters is 1. The van der Waals surface area contributed by atoms with E-state index in [2.05, 4.69) is 64.0 Å². The predicted molar refractivity (Wildman–Crippen MR) is 255 cm³/mol. The number of aliphatic carboxylic acids is 1. The monoisotopic (exact) mass is 928 g/mol. The number of carboxylic acid groups (broad SMARTS) is 1. The van der Waals surface area contributed by atoms with Gasteiger partial charge in [-0.2, -0.15) is 0 Å². The smallest absolute Gasteiger partial charge is 0.309 e. The van der Waals surface area contributed by atoms with Crippen LogP contribution in [0.15, 0.2) is 35.4 Å². The number of carboxylic acids is 1. The third-order valence-electron chi connectivity index (χ3n) is 20.3. The van der Waals surface area contributed by atoms with E-state index >= 15 is 0 Å². The summed E-state index contributed by atoms with van der Waals surface area (Å²) >= 11 is 0. The number of aliphatic hydroxyl groups is 1. The molecule has 1 saturated heterocycles. The number of amides is 2. The van der Waals surface area contributed by atoms with Crippen LogP contribution in [0.1, 0.15) is 156 Å². The third kappa shape index (κ3) is 8.02. The maximum atomic E-state index is 14.3. The molecule has 4 N–H and O–H groups in total. The van der Waals surface area contributed by atoms with Gasteiger partial charge in [0.25, 0.3) is 5.91 Å². The fourth-order valence-electron chi connectivity index (χ4n) is 16.0. The topological polar surface area (TPSA) is 172 Å². The number of morpholine rings is 1. The number of hydrogen-bond donors (Lipinski definition) is 4. The van der Waals surface area contributed by atoms with Crippen molar-refractivity contribution in [2.45, 2.75) is 165 Å². The van der Waals surface area contributed by atoms with E-state index in [0.717, 1.165) is 94.5 Å². The van der Waals surface area contributed by atoms with Crippen LogP contribution >= 0.6 is 0 Å². The second-order valence-corrected chi connectivity index (χ2v) is 25.0. The van der Waals surface area contributed by atoms with E-state index in [-0.39, 0.29) is 70.2 Å². The first-order chi connectivity index (χ1) is 31.2. The summed E-state index contributed by atoms with van der Waals surface area (Å²) in [5, 5.41) is 28.1. The molecule has 0 bridgehead atoms. The van der Waals surface area contributed by atoms with E-state index in [1.54, 1.807) is 26.0 Å². The lowest BCUT2D eigenvalue weighted by atomic mass is 9.33. The van der Waals surface area contributed by atoms with Gasteiger partial charge in [-0.25, -0.2) is 0 Å². The number of carbonyl (C=O) groups is 5. The molecule has 12 nitrogen and oxygen atoms in total. The second kappa shape index (κ2) is 17.4. The number of ether oxygens (including phenoxy) is 2. The zero-order valence-corrected chi connectivity index (χ0v) is 42.4. The Balaban J connectivity index is 0.958. The van der Waals surface area contributed by atoms with E-state index in [1.807, 2.05) is 26.0 Å². The average Bonchev–Trinajstić information content (AvgIpc) is 3.57. The highest BCUT2D eigenvalue weighted by Crippen LogP contribution is 2.77. The molecule has 0 radical (unpaired) electrons. The van der Waals surface area contributed by atoms with Gasteiger partial charge in [-0.05, 0) is 140 Å². The Bertz CT molecular complexity index is 2170. The highest BCUT2D eigenvalue weighted by molar-refractivity contribution is 6.01. The molecule has 0 aromatic heterocycles. The third-order valence-corrected chi connectivity index (χ3v) is 20.3. The number of carbonyl (C=O) groups excluding carboxylic acids is 4. The fraction of sp³-hybridized carbons (Fsp3) is 0.764. The quantitative estimate of drug-likeness (QED) is 0.150.